The lowest BCUT2D eigenvalue weighted by atomic mass is 10.1. The molecule has 0 fully saturated rings. The van der Waals surface area contributed by atoms with E-state index >= 15 is 0 Å². The van der Waals surface area contributed by atoms with E-state index in [0.717, 1.165) is 16.1 Å². The molecule has 3 N–H and O–H groups in total. The van der Waals surface area contributed by atoms with Crippen molar-refractivity contribution in [1.29, 1.82) is 0 Å². The molecule has 0 aliphatic rings. The Morgan fingerprint density at radius 1 is 1.16 bits per heavy atom. The Morgan fingerprint density at radius 2 is 1.87 bits per heavy atom. The number of benzene rings is 2. The molecular formula is C21H25ClN4O4S. The van der Waals surface area contributed by atoms with Gasteiger partial charge in [0, 0.05) is 5.56 Å². The summed E-state index contributed by atoms with van der Waals surface area (Å²) in [5.41, 5.74) is 7.12. The van der Waals surface area contributed by atoms with Crippen molar-refractivity contribution in [2.24, 2.45) is 5.73 Å². The molecular weight excluding hydrogens is 440 g/mol. The summed E-state index contributed by atoms with van der Waals surface area (Å²) in [6, 6.07) is 16.1. The molecule has 1 unspecified atom stereocenters. The summed E-state index contributed by atoms with van der Waals surface area (Å²) >= 11 is 1.29. The quantitative estimate of drug-likeness (QED) is 0.477. The Hall–Kier alpha value is -2.88. The zero-order chi connectivity index (χ0) is 21.3. The van der Waals surface area contributed by atoms with E-state index in [0.29, 0.717) is 11.5 Å². The number of rotatable bonds is 10. The van der Waals surface area contributed by atoms with Crippen LogP contribution in [0.1, 0.15) is 5.69 Å². The minimum atomic E-state index is -0.914. The van der Waals surface area contributed by atoms with E-state index in [2.05, 4.69) is 9.59 Å². The van der Waals surface area contributed by atoms with Crippen LogP contribution in [-0.4, -0.2) is 58.0 Å². The summed E-state index contributed by atoms with van der Waals surface area (Å²) in [5, 5.41) is 14.4. The summed E-state index contributed by atoms with van der Waals surface area (Å²) < 4.78 is 15.4. The zero-order valence-corrected chi connectivity index (χ0v) is 18.6. The minimum Gasteiger partial charge on any atom is -0.492 e. The largest absolute Gasteiger partial charge is 0.492 e. The summed E-state index contributed by atoms with van der Waals surface area (Å²) in [6.45, 7) is 2.44. The molecule has 31 heavy (non-hydrogen) atoms. The SMILES string of the molecule is Cc1nnsc1-c1ccccc1OCC(O)CN(CCOc1ccccc1)C(N)=O.Cl. The first-order valence-corrected chi connectivity index (χ1v) is 10.2. The lowest BCUT2D eigenvalue weighted by molar-refractivity contribution is 0.0748. The summed E-state index contributed by atoms with van der Waals surface area (Å²) in [5.74, 6) is 1.32. The van der Waals surface area contributed by atoms with Crippen LogP contribution in [0, 0.1) is 6.92 Å². The number of nitrogens with zero attached hydrogens (tertiary/aromatic N) is 3. The van der Waals surface area contributed by atoms with Gasteiger partial charge in [0.05, 0.1) is 23.7 Å². The van der Waals surface area contributed by atoms with Crippen LogP contribution >= 0.6 is 23.9 Å². The summed E-state index contributed by atoms with van der Waals surface area (Å²) in [7, 11) is 0. The Morgan fingerprint density at radius 3 is 2.55 bits per heavy atom. The van der Waals surface area contributed by atoms with Gasteiger partial charge < -0.3 is 25.2 Å². The number of primary amides is 1. The van der Waals surface area contributed by atoms with Gasteiger partial charge in [-0.25, -0.2) is 4.79 Å². The van der Waals surface area contributed by atoms with Crippen LogP contribution in [0.15, 0.2) is 54.6 Å². The van der Waals surface area contributed by atoms with E-state index in [1.54, 1.807) is 0 Å². The third-order valence-electron chi connectivity index (χ3n) is 4.33. The van der Waals surface area contributed by atoms with E-state index in [1.165, 1.54) is 16.4 Å². The molecule has 2 amide bonds. The number of hydrogen-bond acceptors (Lipinski definition) is 7. The van der Waals surface area contributed by atoms with E-state index in [9.17, 15) is 9.90 Å². The first-order chi connectivity index (χ1) is 14.5. The number of aryl methyl sites for hydroxylation is 1. The van der Waals surface area contributed by atoms with Crippen molar-refractivity contribution in [1.82, 2.24) is 14.5 Å². The Kier molecular flexibility index (Phi) is 9.51. The number of amides is 2. The maximum atomic E-state index is 11.7. The lowest BCUT2D eigenvalue weighted by Crippen LogP contribution is -2.44. The van der Waals surface area contributed by atoms with Gasteiger partial charge in [0.1, 0.15) is 30.8 Å². The molecule has 3 aromatic rings. The number of halogens is 1. The van der Waals surface area contributed by atoms with E-state index in [4.69, 9.17) is 15.2 Å². The second kappa shape index (κ2) is 12.1. The van der Waals surface area contributed by atoms with Crippen LogP contribution < -0.4 is 15.2 Å². The molecule has 1 atom stereocenters. The first kappa shape index (κ1) is 24.4. The second-order valence-corrected chi connectivity index (χ2v) is 7.35. The highest BCUT2D eigenvalue weighted by Crippen LogP contribution is 2.33. The fourth-order valence-electron chi connectivity index (χ4n) is 2.83. The number of nitrogens with two attached hydrogens (primary N) is 1. The molecule has 1 aromatic heterocycles. The molecule has 0 aliphatic heterocycles. The number of ether oxygens (including phenoxy) is 2. The normalized spacial score (nSPS) is 11.3. The molecule has 0 radical (unpaired) electrons. The van der Waals surface area contributed by atoms with Gasteiger partial charge in [-0.2, -0.15) is 0 Å². The molecule has 0 spiro atoms. The molecule has 10 heteroatoms. The Balaban J connectivity index is 0.00000341. The average Bonchev–Trinajstić information content (AvgIpc) is 3.18. The summed E-state index contributed by atoms with van der Waals surface area (Å²) in [4.78, 5) is 14.0. The number of para-hydroxylation sites is 2. The van der Waals surface area contributed by atoms with Gasteiger partial charge in [-0.15, -0.1) is 17.5 Å². The van der Waals surface area contributed by atoms with Gasteiger partial charge >= 0.3 is 6.03 Å². The standard InChI is InChI=1S/C21H24N4O4S.ClH/c1-15-20(30-24-23-15)18-9-5-6-10-19(18)29-14-16(26)13-25(21(22)27)11-12-28-17-7-3-2-4-8-17;/h2-10,16,26H,11-14H2,1H3,(H2,22,27);1H. The van der Waals surface area contributed by atoms with Crippen LogP contribution in [0.25, 0.3) is 10.4 Å². The van der Waals surface area contributed by atoms with Gasteiger partial charge in [-0.05, 0) is 42.7 Å². The zero-order valence-electron chi connectivity index (χ0n) is 17.0. The van der Waals surface area contributed by atoms with Crippen molar-refractivity contribution < 1.29 is 19.4 Å². The number of urea groups is 1. The van der Waals surface area contributed by atoms with Crippen molar-refractivity contribution >= 4 is 30.0 Å². The molecule has 2 aromatic carbocycles. The molecule has 0 saturated carbocycles. The first-order valence-electron chi connectivity index (χ1n) is 9.46. The predicted octanol–water partition coefficient (Wildman–Crippen LogP) is 3.13. The maximum Gasteiger partial charge on any atom is 0.314 e. The molecule has 0 aliphatic carbocycles. The lowest BCUT2D eigenvalue weighted by Gasteiger charge is -2.24. The fourth-order valence-corrected chi connectivity index (χ4v) is 3.52. The number of aliphatic hydroxyl groups is 1. The van der Waals surface area contributed by atoms with Crippen LogP contribution in [0.3, 0.4) is 0 Å². The molecule has 166 valence electrons. The van der Waals surface area contributed by atoms with Crippen LogP contribution in [0.4, 0.5) is 4.79 Å². The topological polar surface area (TPSA) is 111 Å². The van der Waals surface area contributed by atoms with E-state index in [-0.39, 0.29) is 38.7 Å². The highest BCUT2D eigenvalue weighted by Gasteiger charge is 2.17. The molecule has 3 rings (SSSR count). The maximum absolute atomic E-state index is 11.7. The highest BCUT2D eigenvalue weighted by molar-refractivity contribution is 7.09. The van der Waals surface area contributed by atoms with Crippen molar-refractivity contribution in [3.8, 4) is 21.9 Å². The van der Waals surface area contributed by atoms with E-state index in [1.807, 2.05) is 61.5 Å². The van der Waals surface area contributed by atoms with Gasteiger partial charge in [-0.3, -0.25) is 0 Å². The van der Waals surface area contributed by atoms with Crippen molar-refractivity contribution in [3.05, 3.63) is 60.3 Å². The van der Waals surface area contributed by atoms with Gasteiger partial charge in [0.2, 0.25) is 0 Å². The van der Waals surface area contributed by atoms with Crippen molar-refractivity contribution in [3.63, 3.8) is 0 Å². The number of aliphatic hydroxyl groups excluding tert-OH is 1. The van der Waals surface area contributed by atoms with Crippen molar-refractivity contribution in [2.45, 2.75) is 13.0 Å². The molecule has 0 bridgehead atoms. The monoisotopic (exact) mass is 464 g/mol. The van der Waals surface area contributed by atoms with Crippen molar-refractivity contribution in [2.75, 3.05) is 26.3 Å². The summed E-state index contributed by atoms with van der Waals surface area (Å²) in [6.07, 6.45) is -0.914. The van der Waals surface area contributed by atoms with Gasteiger partial charge in [0.25, 0.3) is 0 Å². The second-order valence-electron chi connectivity index (χ2n) is 6.59. The third-order valence-corrected chi connectivity index (χ3v) is 5.19. The molecule has 8 nitrogen and oxygen atoms in total. The van der Waals surface area contributed by atoms with Crippen LogP contribution in [-0.2, 0) is 0 Å². The van der Waals surface area contributed by atoms with Gasteiger partial charge in [0.15, 0.2) is 0 Å². The molecule has 1 heterocycles. The van der Waals surface area contributed by atoms with Crippen LogP contribution in [0.5, 0.6) is 11.5 Å². The smallest absolute Gasteiger partial charge is 0.314 e. The highest BCUT2D eigenvalue weighted by atomic mass is 35.5. The number of carbonyl (C=O) groups is 1. The predicted molar refractivity (Wildman–Crippen MR) is 122 cm³/mol. The Labute approximate surface area is 191 Å². The minimum absolute atomic E-state index is 0. The van der Waals surface area contributed by atoms with Crippen LogP contribution in [0.2, 0.25) is 0 Å². The average molecular weight is 465 g/mol. The molecule has 0 saturated heterocycles. The number of aromatic nitrogens is 2. The Bertz CT molecular complexity index is 957. The van der Waals surface area contributed by atoms with E-state index < -0.39 is 12.1 Å². The third kappa shape index (κ3) is 7.09. The van der Waals surface area contributed by atoms with Gasteiger partial charge in [-0.1, -0.05) is 34.8 Å². The fraction of sp³-hybridized carbons (Fsp3) is 0.286. The number of hydrogen-bond donors (Lipinski definition) is 2. The number of carbonyl (C=O) groups excluding carboxylic acids is 1.